The first-order valence-corrected chi connectivity index (χ1v) is 6.56. The van der Waals surface area contributed by atoms with Gasteiger partial charge < -0.3 is 9.32 Å². The highest BCUT2D eigenvalue weighted by atomic mass is 32.1. The maximum atomic E-state index is 12.2. The van der Waals surface area contributed by atoms with Gasteiger partial charge in [0.05, 0.1) is 12.3 Å². The van der Waals surface area contributed by atoms with Gasteiger partial charge in [-0.05, 0) is 42.5 Å². The average Bonchev–Trinajstić information content (AvgIpc) is 3.00. The second-order valence-electron chi connectivity index (χ2n) is 4.20. The Kier molecular flexibility index (Phi) is 2.52. The van der Waals surface area contributed by atoms with Gasteiger partial charge in [-0.15, -0.1) is 11.3 Å². The third-order valence-electron chi connectivity index (χ3n) is 3.27. The Bertz CT molecular complexity index is 529. The van der Waals surface area contributed by atoms with Crippen molar-refractivity contribution >= 4 is 17.2 Å². The fraction of sp³-hybridized carbons (Fsp3) is 0.308. The first-order chi connectivity index (χ1) is 8.27. The van der Waals surface area contributed by atoms with E-state index in [1.54, 1.807) is 23.5 Å². The molecule has 0 fully saturated rings. The molecule has 0 N–H and O–H groups in total. The van der Waals surface area contributed by atoms with Crippen LogP contribution in [0.25, 0.3) is 0 Å². The molecule has 0 radical (unpaired) electrons. The molecule has 4 heteroatoms. The quantitative estimate of drug-likeness (QED) is 0.776. The van der Waals surface area contributed by atoms with Crippen LogP contribution in [-0.2, 0) is 6.42 Å². The van der Waals surface area contributed by atoms with E-state index in [2.05, 4.69) is 18.4 Å². The first-order valence-electron chi connectivity index (χ1n) is 5.68. The van der Waals surface area contributed by atoms with E-state index in [9.17, 15) is 4.79 Å². The van der Waals surface area contributed by atoms with Gasteiger partial charge in [0.25, 0.3) is 5.91 Å². The molecule has 3 nitrogen and oxygen atoms in total. The predicted octanol–water partition coefficient (Wildman–Crippen LogP) is 3.10. The van der Waals surface area contributed by atoms with E-state index >= 15 is 0 Å². The van der Waals surface area contributed by atoms with Crippen molar-refractivity contribution < 1.29 is 9.21 Å². The topological polar surface area (TPSA) is 33.5 Å². The highest BCUT2D eigenvalue weighted by Gasteiger charge is 2.29. The van der Waals surface area contributed by atoms with E-state index in [-0.39, 0.29) is 11.9 Å². The number of thiophene rings is 1. The number of furan rings is 1. The second kappa shape index (κ2) is 4.04. The zero-order valence-corrected chi connectivity index (χ0v) is 10.4. The van der Waals surface area contributed by atoms with Crippen LogP contribution in [0.4, 0.5) is 0 Å². The Morgan fingerprint density at radius 3 is 3.18 bits per heavy atom. The van der Waals surface area contributed by atoms with Gasteiger partial charge in [-0.2, -0.15) is 0 Å². The Labute approximate surface area is 104 Å². The van der Waals surface area contributed by atoms with Crippen LogP contribution in [0, 0.1) is 0 Å². The highest BCUT2D eigenvalue weighted by molar-refractivity contribution is 7.10. The lowest BCUT2D eigenvalue weighted by molar-refractivity contribution is 0.0646. The number of hydrogen-bond acceptors (Lipinski definition) is 3. The van der Waals surface area contributed by atoms with Crippen LogP contribution < -0.4 is 0 Å². The van der Waals surface area contributed by atoms with Crippen molar-refractivity contribution in [3.63, 3.8) is 0 Å². The zero-order chi connectivity index (χ0) is 11.8. The lowest BCUT2D eigenvalue weighted by Gasteiger charge is -2.32. The molecule has 0 aliphatic carbocycles. The molecule has 1 atom stereocenters. The number of hydrogen-bond donors (Lipinski definition) is 0. The van der Waals surface area contributed by atoms with Crippen LogP contribution in [0.1, 0.15) is 34.0 Å². The van der Waals surface area contributed by atoms with Gasteiger partial charge in [-0.1, -0.05) is 0 Å². The number of rotatable bonds is 1. The molecule has 2 aromatic heterocycles. The monoisotopic (exact) mass is 247 g/mol. The van der Waals surface area contributed by atoms with Gasteiger partial charge in [0, 0.05) is 11.4 Å². The van der Waals surface area contributed by atoms with Crippen LogP contribution >= 0.6 is 11.3 Å². The summed E-state index contributed by atoms with van der Waals surface area (Å²) < 4.78 is 5.18. The summed E-state index contributed by atoms with van der Waals surface area (Å²) >= 11 is 1.78. The molecule has 88 valence electrons. The van der Waals surface area contributed by atoms with Crippen molar-refractivity contribution in [2.24, 2.45) is 0 Å². The van der Waals surface area contributed by atoms with Gasteiger partial charge >= 0.3 is 0 Å². The van der Waals surface area contributed by atoms with Crippen molar-refractivity contribution in [1.29, 1.82) is 0 Å². The average molecular weight is 247 g/mol. The first kappa shape index (κ1) is 10.6. The highest BCUT2D eigenvalue weighted by Crippen LogP contribution is 2.33. The van der Waals surface area contributed by atoms with E-state index in [1.807, 2.05) is 4.90 Å². The summed E-state index contributed by atoms with van der Waals surface area (Å²) in [7, 11) is 0. The molecule has 0 saturated heterocycles. The van der Waals surface area contributed by atoms with E-state index in [4.69, 9.17) is 4.42 Å². The molecule has 0 spiro atoms. The number of amides is 1. The summed E-state index contributed by atoms with van der Waals surface area (Å²) in [6.45, 7) is 2.85. The molecule has 0 saturated carbocycles. The molecular formula is C13H13NO2S. The number of carbonyl (C=O) groups is 1. The Hall–Kier alpha value is -1.55. The van der Waals surface area contributed by atoms with Crippen molar-refractivity contribution in [2.45, 2.75) is 19.4 Å². The summed E-state index contributed by atoms with van der Waals surface area (Å²) in [4.78, 5) is 15.5. The number of fused-ring (bicyclic) bond motifs is 1. The maximum Gasteiger partial charge on any atom is 0.290 e. The number of carbonyl (C=O) groups excluding carboxylic acids is 1. The molecule has 1 aliphatic heterocycles. The molecule has 2 aromatic rings. The van der Waals surface area contributed by atoms with Crippen LogP contribution in [0.3, 0.4) is 0 Å². The van der Waals surface area contributed by atoms with Crippen molar-refractivity contribution in [3.8, 4) is 0 Å². The molecule has 1 amide bonds. The molecular weight excluding hydrogens is 234 g/mol. The Morgan fingerprint density at radius 1 is 1.53 bits per heavy atom. The molecule has 3 rings (SSSR count). The molecule has 3 heterocycles. The van der Waals surface area contributed by atoms with Crippen molar-refractivity contribution in [3.05, 3.63) is 46.0 Å². The SMILES string of the molecule is CC1c2ccsc2CCN1C(=O)c1ccco1. The smallest absolute Gasteiger partial charge is 0.290 e. The Balaban J connectivity index is 1.89. The maximum absolute atomic E-state index is 12.2. The van der Waals surface area contributed by atoms with E-state index in [1.165, 1.54) is 16.7 Å². The van der Waals surface area contributed by atoms with E-state index in [0.717, 1.165) is 13.0 Å². The van der Waals surface area contributed by atoms with Crippen molar-refractivity contribution in [2.75, 3.05) is 6.54 Å². The van der Waals surface area contributed by atoms with Crippen LogP contribution in [0.5, 0.6) is 0 Å². The Morgan fingerprint density at radius 2 is 2.41 bits per heavy atom. The summed E-state index contributed by atoms with van der Waals surface area (Å²) in [6.07, 6.45) is 2.49. The summed E-state index contributed by atoms with van der Waals surface area (Å²) in [5, 5.41) is 2.10. The minimum absolute atomic E-state index is 0.0145. The lowest BCUT2D eigenvalue weighted by Crippen LogP contribution is -2.38. The van der Waals surface area contributed by atoms with Crippen molar-refractivity contribution in [1.82, 2.24) is 4.90 Å². The number of nitrogens with zero attached hydrogens (tertiary/aromatic N) is 1. The second-order valence-corrected chi connectivity index (χ2v) is 5.20. The van der Waals surface area contributed by atoms with Gasteiger partial charge in [0.15, 0.2) is 5.76 Å². The van der Waals surface area contributed by atoms with E-state index < -0.39 is 0 Å². The van der Waals surface area contributed by atoms with Gasteiger partial charge in [0.2, 0.25) is 0 Å². The third kappa shape index (κ3) is 1.69. The molecule has 1 aliphatic rings. The fourth-order valence-corrected chi connectivity index (χ4v) is 3.29. The molecule has 0 bridgehead atoms. The van der Waals surface area contributed by atoms with Crippen LogP contribution in [0.2, 0.25) is 0 Å². The third-order valence-corrected chi connectivity index (χ3v) is 4.27. The van der Waals surface area contributed by atoms with E-state index in [0.29, 0.717) is 5.76 Å². The minimum Gasteiger partial charge on any atom is -0.459 e. The summed E-state index contributed by atoms with van der Waals surface area (Å²) in [5.74, 6) is 0.412. The zero-order valence-electron chi connectivity index (χ0n) is 9.55. The van der Waals surface area contributed by atoms with Gasteiger partial charge in [-0.3, -0.25) is 4.79 Å². The minimum atomic E-state index is -0.0145. The summed E-state index contributed by atoms with van der Waals surface area (Å²) in [5.41, 5.74) is 1.28. The largest absolute Gasteiger partial charge is 0.459 e. The normalized spacial score (nSPS) is 19.1. The van der Waals surface area contributed by atoms with Crippen LogP contribution in [0.15, 0.2) is 34.3 Å². The van der Waals surface area contributed by atoms with Crippen LogP contribution in [-0.4, -0.2) is 17.4 Å². The molecule has 0 aromatic carbocycles. The van der Waals surface area contributed by atoms with Gasteiger partial charge in [0.1, 0.15) is 0 Å². The fourth-order valence-electron chi connectivity index (χ4n) is 2.33. The summed E-state index contributed by atoms with van der Waals surface area (Å²) in [6, 6.07) is 5.73. The lowest BCUT2D eigenvalue weighted by atomic mass is 10.0. The molecule has 1 unspecified atom stereocenters. The molecule has 17 heavy (non-hydrogen) atoms. The predicted molar refractivity (Wildman–Crippen MR) is 66.2 cm³/mol. The standard InChI is InChI=1S/C13H13NO2S/c1-9-10-5-8-17-12(10)4-6-14(9)13(15)11-3-2-7-16-11/h2-3,5,7-9H,4,6H2,1H3. The van der Waals surface area contributed by atoms with Gasteiger partial charge in [-0.25, -0.2) is 0 Å².